The number of nitrogens with one attached hydrogen (secondary N) is 4. The minimum Gasteiger partial charge on any atom is -0.361 e. The van der Waals surface area contributed by atoms with E-state index in [1.54, 1.807) is 12.1 Å². The third-order valence-corrected chi connectivity index (χ3v) is 6.43. The second kappa shape index (κ2) is 8.60. The summed E-state index contributed by atoms with van der Waals surface area (Å²) in [6.07, 6.45) is 2.59. The Bertz CT molecular complexity index is 1090. The lowest BCUT2D eigenvalue weighted by Gasteiger charge is -2.46. The van der Waals surface area contributed by atoms with E-state index in [1.165, 1.54) is 12.1 Å². The molecule has 174 valence electrons. The van der Waals surface area contributed by atoms with Crippen LogP contribution in [0.4, 0.5) is 17.3 Å². The molecule has 1 aromatic carbocycles. The van der Waals surface area contributed by atoms with Gasteiger partial charge in [0, 0.05) is 17.1 Å². The fourth-order valence-corrected chi connectivity index (χ4v) is 5.10. The molecule has 2 aromatic rings. The van der Waals surface area contributed by atoms with E-state index in [-0.39, 0.29) is 33.7 Å². The zero-order valence-corrected chi connectivity index (χ0v) is 19.6. The van der Waals surface area contributed by atoms with E-state index in [4.69, 9.17) is 0 Å². The van der Waals surface area contributed by atoms with Gasteiger partial charge in [-0.1, -0.05) is 17.7 Å². The third kappa shape index (κ3) is 5.69. The maximum absolute atomic E-state index is 12.5. The van der Waals surface area contributed by atoms with Gasteiger partial charge in [0.25, 0.3) is 10.0 Å². The van der Waals surface area contributed by atoms with E-state index in [1.807, 2.05) is 6.92 Å². The number of aryl methyl sites for hydroxylation is 1. The van der Waals surface area contributed by atoms with Gasteiger partial charge in [-0.25, -0.2) is 18.4 Å². The Hall–Kier alpha value is -2.83. The number of nitrogens with zero attached hydrogens (tertiary/aromatic N) is 3. The number of sulfonamides is 1. The molecule has 12 heteroatoms. The van der Waals surface area contributed by atoms with Crippen molar-refractivity contribution < 1.29 is 13.3 Å². The summed E-state index contributed by atoms with van der Waals surface area (Å²) in [7, 11) is -3.96. The van der Waals surface area contributed by atoms with E-state index in [2.05, 4.69) is 58.6 Å². The Labute approximate surface area is 187 Å². The van der Waals surface area contributed by atoms with Crippen LogP contribution in [-0.4, -0.2) is 40.4 Å². The highest BCUT2D eigenvalue weighted by Gasteiger charge is 2.38. The standard InChI is InChI=1S/C20H29N7O4S/c1-13-6-8-15(9-7-13)32(30,31)26-24-18-16(27(28)29)17(21-12-22-18)23-14-10-19(2,3)25-20(4,5)11-14/h6-9,12,14,25-26H,10-11H2,1-5H3,(H2,21,22,23,24). The molecule has 0 radical (unpaired) electrons. The highest BCUT2D eigenvalue weighted by molar-refractivity contribution is 7.89. The van der Waals surface area contributed by atoms with Gasteiger partial charge in [-0.15, -0.1) is 4.83 Å². The number of piperidine rings is 1. The van der Waals surface area contributed by atoms with Gasteiger partial charge in [-0.3, -0.25) is 15.5 Å². The molecule has 0 spiro atoms. The predicted octanol–water partition coefficient (Wildman–Crippen LogP) is 2.72. The van der Waals surface area contributed by atoms with Crippen molar-refractivity contribution in [2.24, 2.45) is 0 Å². The quantitative estimate of drug-likeness (QED) is 0.359. The Balaban J connectivity index is 1.83. The van der Waals surface area contributed by atoms with Gasteiger partial charge in [0.15, 0.2) is 0 Å². The van der Waals surface area contributed by atoms with Gasteiger partial charge in [-0.2, -0.15) is 0 Å². The van der Waals surface area contributed by atoms with Crippen LogP contribution in [-0.2, 0) is 10.0 Å². The van der Waals surface area contributed by atoms with Crippen molar-refractivity contribution >= 4 is 27.3 Å². The van der Waals surface area contributed by atoms with Crippen LogP contribution in [0, 0.1) is 17.0 Å². The lowest BCUT2D eigenvalue weighted by Crippen LogP contribution is -2.60. The molecular formula is C20H29N7O4S. The summed E-state index contributed by atoms with van der Waals surface area (Å²) in [4.78, 5) is 21.3. The Morgan fingerprint density at radius 3 is 2.19 bits per heavy atom. The molecule has 0 saturated carbocycles. The van der Waals surface area contributed by atoms with Crippen LogP contribution in [0.2, 0.25) is 0 Å². The average Bonchev–Trinajstić information content (AvgIpc) is 2.64. The molecule has 11 nitrogen and oxygen atoms in total. The molecule has 4 N–H and O–H groups in total. The first-order chi connectivity index (χ1) is 14.8. The van der Waals surface area contributed by atoms with Gasteiger partial charge in [0.2, 0.25) is 11.6 Å². The Kier molecular flexibility index (Phi) is 6.40. The molecular weight excluding hydrogens is 434 g/mol. The number of hydrogen-bond donors (Lipinski definition) is 4. The van der Waals surface area contributed by atoms with E-state index < -0.39 is 20.6 Å². The lowest BCUT2D eigenvalue weighted by molar-refractivity contribution is -0.383. The number of rotatable bonds is 7. The average molecular weight is 464 g/mol. The molecule has 0 bridgehead atoms. The normalized spacial score (nSPS) is 18.2. The molecule has 0 atom stereocenters. The molecule has 2 heterocycles. The smallest absolute Gasteiger partial charge is 0.354 e. The fraction of sp³-hybridized carbons (Fsp3) is 0.500. The van der Waals surface area contributed by atoms with Crippen molar-refractivity contribution in [3.63, 3.8) is 0 Å². The topological polar surface area (TPSA) is 151 Å². The first-order valence-corrected chi connectivity index (χ1v) is 11.7. The summed E-state index contributed by atoms with van der Waals surface area (Å²) in [6.45, 7) is 10.1. The molecule has 1 aliphatic heterocycles. The van der Waals surface area contributed by atoms with Crippen molar-refractivity contribution in [3.05, 3.63) is 46.3 Å². The maximum Gasteiger partial charge on any atom is 0.354 e. The molecule has 1 aliphatic rings. The summed E-state index contributed by atoms with van der Waals surface area (Å²) in [5.41, 5.74) is 2.49. The van der Waals surface area contributed by atoms with Crippen LogP contribution >= 0.6 is 0 Å². The fourth-order valence-electron chi connectivity index (χ4n) is 4.26. The zero-order valence-electron chi connectivity index (χ0n) is 18.8. The summed E-state index contributed by atoms with van der Waals surface area (Å²) in [6, 6.07) is 6.13. The van der Waals surface area contributed by atoms with Crippen molar-refractivity contribution in [2.75, 3.05) is 10.7 Å². The van der Waals surface area contributed by atoms with Crippen LogP contribution in [0.3, 0.4) is 0 Å². The monoisotopic (exact) mass is 463 g/mol. The van der Waals surface area contributed by atoms with E-state index in [9.17, 15) is 18.5 Å². The summed E-state index contributed by atoms with van der Waals surface area (Å²) in [5.74, 6) is -0.226. The molecule has 1 aromatic heterocycles. The number of anilines is 2. The summed E-state index contributed by atoms with van der Waals surface area (Å²) >= 11 is 0. The SMILES string of the molecule is Cc1ccc(S(=O)(=O)NNc2ncnc(NC3CC(C)(C)NC(C)(C)C3)c2[N+](=O)[O-])cc1. The largest absolute Gasteiger partial charge is 0.361 e. The summed E-state index contributed by atoms with van der Waals surface area (Å²) < 4.78 is 25.1. The van der Waals surface area contributed by atoms with Crippen LogP contribution in [0.15, 0.2) is 35.5 Å². The van der Waals surface area contributed by atoms with Crippen molar-refractivity contribution in [1.29, 1.82) is 0 Å². The van der Waals surface area contributed by atoms with Gasteiger partial charge < -0.3 is 10.6 Å². The Morgan fingerprint density at radius 2 is 1.62 bits per heavy atom. The molecule has 0 amide bonds. The third-order valence-electron chi connectivity index (χ3n) is 5.17. The number of benzene rings is 1. The number of hydrogen-bond acceptors (Lipinski definition) is 9. The maximum atomic E-state index is 12.5. The minimum atomic E-state index is -3.96. The molecule has 0 unspecified atom stereocenters. The van der Waals surface area contributed by atoms with Crippen molar-refractivity contribution in [3.8, 4) is 0 Å². The van der Waals surface area contributed by atoms with E-state index in [0.29, 0.717) is 0 Å². The predicted molar refractivity (Wildman–Crippen MR) is 122 cm³/mol. The second-order valence-electron chi connectivity index (χ2n) is 9.36. The number of nitro groups is 1. The molecule has 1 fully saturated rings. The first kappa shape index (κ1) is 23.8. The molecule has 32 heavy (non-hydrogen) atoms. The van der Waals surface area contributed by atoms with Gasteiger partial charge in [-0.05, 0) is 59.6 Å². The van der Waals surface area contributed by atoms with Crippen LogP contribution in [0.5, 0.6) is 0 Å². The Morgan fingerprint density at radius 1 is 1.06 bits per heavy atom. The molecule has 1 saturated heterocycles. The van der Waals surface area contributed by atoms with Crippen LogP contribution in [0.1, 0.15) is 46.1 Å². The number of hydrazine groups is 1. The summed E-state index contributed by atoms with van der Waals surface area (Å²) in [5, 5.41) is 18.6. The van der Waals surface area contributed by atoms with E-state index >= 15 is 0 Å². The second-order valence-corrected chi connectivity index (χ2v) is 11.0. The van der Waals surface area contributed by atoms with Gasteiger partial charge in [0.05, 0.1) is 9.82 Å². The highest BCUT2D eigenvalue weighted by Crippen LogP contribution is 2.34. The van der Waals surface area contributed by atoms with Gasteiger partial charge in [0.1, 0.15) is 6.33 Å². The lowest BCUT2D eigenvalue weighted by atomic mass is 9.79. The van der Waals surface area contributed by atoms with Crippen LogP contribution < -0.4 is 20.9 Å². The number of aromatic nitrogens is 2. The zero-order chi connectivity index (χ0) is 23.7. The minimum absolute atomic E-state index is 0.0184. The first-order valence-electron chi connectivity index (χ1n) is 10.2. The van der Waals surface area contributed by atoms with Crippen molar-refractivity contribution in [1.82, 2.24) is 20.1 Å². The van der Waals surface area contributed by atoms with Crippen molar-refractivity contribution in [2.45, 2.75) is 69.5 Å². The highest BCUT2D eigenvalue weighted by atomic mass is 32.2. The van der Waals surface area contributed by atoms with E-state index in [0.717, 1.165) is 24.7 Å². The van der Waals surface area contributed by atoms with Gasteiger partial charge >= 0.3 is 5.69 Å². The van der Waals surface area contributed by atoms with Crippen LogP contribution in [0.25, 0.3) is 0 Å². The molecule has 3 rings (SSSR count). The molecule has 0 aliphatic carbocycles.